The molecule has 0 amide bonds. The van der Waals surface area contributed by atoms with Crippen molar-refractivity contribution < 1.29 is 9.53 Å². The third kappa shape index (κ3) is 3.61. The summed E-state index contributed by atoms with van der Waals surface area (Å²) in [5.41, 5.74) is 1.31. The number of carbonyl (C=O) groups excluding carboxylic acids is 1. The molecule has 1 atom stereocenters. The zero-order chi connectivity index (χ0) is 20.5. The molecule has 148 valence electrons. The molecule has 1 aromatic carbocycles. The van der Waals surface area contributed by atoms with E-state index >= 15 is 0 Å². The van der Waals surface area contributed by atoms with Crippen LogP contribution in [0.5, 0.6) is 0 Å². The van der Waals surface area contributed by atoms with E-state index in [4.69, 9.17) is 16.3 Å². The highest BCUT2D eigenvalue weighted by Crippen LogP contribution is 2.34. The molecule has 3 heterocycles. The van der Waals surface area contributed by atoms with Crippen LogP contribution in [0.25, 0.3) is 6.08 Å². The first-order chi connectivity index (χ1) is 14.0. The fourth-order valence-corrected chi connectivity index (χ4v) is 5.29. The van der Waals surface area contributed by atoms with Gasteiger partial charge in [0, 0.05) is 9.90 Å². The topological polar surface area (TPSA) is 60.7 Å². The fraction of sp³-hybridized carbons (Fsp3) is 0.190. The van der Waals surface area contributed by atoms with Gasteiger partial charge in [0.25, 0.3) is 5.56 Å². The lowest BCUT2D eigenvalue weighted by Gasteiger charge is -2.25. The lowest BCUT2D eigenvalue weighted by molar-refractivity contribution is -0.139. The van der Waals surface area contributed by atoms with Crippen LogP contribution in [0.1, 0.15) is 30.3 Å². The van der Waals surface area contributed by atoms with Crippen molar-refractivity contribution in [1.29, 1.82) is 0 Å². The van der Waals surface area contributed by atoms with Gasteiger partial charge in [0.1, 0.15) is 6.04 Å². The minimum atomic E-state index is -0.690. The summed E-state index contributed by atoms with van der Waals surface area (Å²) in [5.74, 6) is -0.494. The molecule has 1 aliphatic rings. The highest BCUT2D eigenvalue weighted by Gasteiger charge is 2.34. The number of hydrogen-bond donors (Lipinski definition) is 0. The maximum Gasteiger partial charge on any atom is 0.338 e. The molecule has 0 aliphatic carbocycles. The molecule has 0 spiro atoms. The average molecular weight is 445 g/mol. The van der Waals surface area contributed by atoms with E-state index in [1.54, 1.807) is 35.8 Å². The van der Waals surface area contributed by atoms with Gasteiger partial charge in [-0.15, -0.1) is 11.3 Å². The van der Waals surface area contributed by atoms with Crippen molar-refractivity contribution in [3.63, 3.8) is 0 Å². The minimum Gasteiger partial charge on any atom is -0.463 e. The van der Waals surface area contributed by atoms with Gasteiger partial charge in [-0.1, -0.05) is 47.2 Å². The highest BCUT2D eigenvalue weighted by atomic mass is 35.5. The SMILES string of the molecule is CCOC(=O)C1=C(C)N=c2s/c(=C\c3cccs3)c(=O)n2[C@H]1c1ccccc1Cl. The molecule has 1 aliphatic heterocycles. The predicted octanol–water partition coefficient (Wildman–Crippen LogP) is 3.51. The smallest absolute Gasteiger partial charge is 0.338 e. The standard InChI is InChI=1S/C21H17ClN2O3S2/c1-3-27-20(26)17-12(2)23-21-24(18(17)14-8-4-5-9-15(14)22)19(25)16(29-21)11-13-7-6-10-28-13/h4-11,18H,3H2,1-2H3/b16-11-/t18-/m0/s1. The Kier molecular flexibility index (Phi) is 5.54. The average Bonchev–Trinajstić information content (AvgIpc) is 3.30. The number of fused-ring (bicyclic) bond motifs is 1. The highest BCUT2D eigenvalue weighted by molar-refractivity contribution is 7.11. The molecule has 0 bridgehead atoms. The van der Waals surface area contributed by atoms with Gasteiger partial charge in [0.05, 0.1) is 22.4 Å². The Hall–Kier alpha value is -2.48. The molecule has 2 aromatic heterocycles. The summed E-state index contributed by atoms with van der Waals surface area (Å²) in [6.07, 6.45) is 1.85. The van der Waals surface area contributed by atoms with Crippen molar-refractivity contribution in [1.82, 2.24) is 4.57 Å². The van der Waals surface area contributed by atoms with Crippen molar-refractivity contribution >= 4 is 46.3 Å². The zero-order valence-corrected chi connectivity index (χ0v) is 18.1. The van der Waals surface area contributed by atoms with Crippen molar-refractivity contribution in [3.8, 4) is 0 Å². The Labute approximate surface area is 179 Å². The maximum absolute atomic E-state index is 13.3. The molecule has 0 saturated carbocycles. The van der Waals surface area contributed by atoms with Gasteiger partial charge in [0.15, 0.2) is 4.80 Å². The van der Waals surface area contributed by atoms with Gasteiger partial charge in [-0.3, -0.25) is 9.36 Å². The Morgan fingerprint density at radius 2 is 2.10 bits per heavy atom. The number of hydrogen-bond acceptors (Lipinski definition) is 6. The Morgan fingerprint density at radius 1 is 1.31 bits per heavy atom. The molecule has 3 aromatic rings. The number of allylic oxidation sites excluding steroid dienone is 1. The van der Waals surface area contributed by atoms with Crippen molar-refractivity contribution in [2.24, 2.45) is 4.99 Å². The molecule has 0 radical (unpaired) electrons. The number of thiophene rings is 1. The van der Waals surface area contributed by atoms with Crippen LogP contribution < -0.4 is 14.9 Å². The van der Waals surface area contributed by atoms with Crippen LogP contribution in [-0.4, -0.2) is 17.1 Å². The first-order valence-electron chi connectivity index (χ1n) is 8.99. The number of aromatic nitrogens is 1. The van der Waals surface area contributed by atoms with Gasteiger partial charge in [-0.05, 0) is 43.0 Å². The first-order valence-corrected chi connectivity index (χ1v) is 11.1. The monoisotopic (exact) mass is 444 g/mol. The summed E-state index contributed by atoms with van der Waals surface area (Å²) in [6, 6.07) is 10.4. The second kappa shape index (κ2) is 8.10. The van der Waals surface area contributed by atoms with Crippen LogP contribution in [-0.2, 0) is 9.53 Å². The summed E-state index contributed by atoms with van der Waals surface area (Å²) in [5, 5.41) is 2.43. The number of thiazole rings is 1. The van der Waals surface area contributed by atoms with E-state index in [-0.39, 0.29) is 12.2 Å². The number of ether oxygens (including phenoxy) is 1. The van der Waals surface area contributed by atoms with E-state index in [0.717, 1.165) is 4.88 Å². The Balaban J connectivity index is 2.00. The van der Waals surface area contributed by atoms with Crippen molar-refractivity contribution in [3.05, 3.63) is 88.2 Å². The summed E-state index contributed by atoms with van der Waals surface area (Å²) < 4.78 is 7.38. The molecule has 29 heavy (non-hydrogen) atoms. The quantitative estimate of drug-likeness (QED) is 0.578. The molecular formula is C21H17ClN2O3S2. The lowest BCUT2D eigenvalue weighted by atomic mass is 9.96. The van der Waals surface area contributed by atoms with Gasteiger partial charge in [-0.2, -0.15) is 0 Å². The number of rotatable bonds is 4. The van der Waals surface area contributed by atoms with Gasteiger partial charge >= 0.3 is 5.97 Å². The van der Waals surface area contributed by atoms with E-state index < -0.39 is 12.0 Å². The van der Waals surface area contributed by atoms with Gasteiger partial charge < -0.3 is 4.74 Å². The van der Waals surface area contributed by atoms with E-state index in [1.807, 2.05) is 41.8 Å². The van der Waals surface area contributed by atoms with Crippen LogP contribution >= 0.6 is 34.3 Å². The van der Waals surface area contributed by atoms with Gasteiger partial charge in [0.2, 0.25) is 0 Å². The Bertz CT molecular complexity index is 1290. The fourth-order valence-electron chi connectivity index (χ4n) is 3.29. The lowest BCUT2D eigenvalue weighted by Crippen LogP contribution is -2.40. The Morgan fingerprint density at radius 3 is 2.79 bits per heavy atom. The number of benzene rings is 1. The summed E-state index contributed by atoms with van der Waals surface area (Å²) in [4.78, 5) is 32.2. The minimum absolute atomic E-state index is 0.207. The van der Waals surface area contributed by atoms with Crippen LogP contribution in [0, 0.1) is 0 Å². The third-order valence-corrected chi connectivity index (χ3v) is 6.68. The molecule has 0 saturated heterocycles. The maximum atomic E-state index is 13.3. The molecule has 4 rings (SSSR count). The molecule has 8 heteroatoms. The van der Waals surface area contributed by atoms with E-state index in [9.17, 15) is 9.59 Å². The largest absolute Gasteiger partial charge is 0.463 e. The first kappa shape index (κ1) is 19.8. The van der Waals surface area contributed by atoms with E-state index in [1.165, 1.54) is 11.3 Å². The molecular weight excluding hydrogens is 428 g/mol. The molecule has 5 nitrogen and oxygen atoms in total. The zero-order valence-electron chi connectivity index (χ0n) is 15.7. The van der Waals surface area contributed by atoms with Crippen LogP contribution in [0.4, 0.5) is 0 Å². The summed E-state index contributed by atoms with van der Waals surface area (Å²) in [6.45, 7) is 3.73. The number of nitrogens with zero attached hydrogens (tertiary/aromatic N) is 2. The van der Waals surface area contributed by atoms with Crippen LogP contribution in [0.3, 0.4) is 0 Å². The van der Waals surface area contributed by atoms with Crippen molar-refractivity contribution in [2.45, 2.75) is 19.9 Å². The summed E-state index contributed by atoms with van der Waals surface area (Å²) >= 11 is 9.32. The van der Waals surface area contributed by atoms with E-state index in [0.29, 0.717) is 31.2 Å². The second-order valence-corrected chi connectivity index (χ2v) is 8.73. The number of esters is 1. The van der Waals surface area contributed by atoms with Crippen LogP contribution in [0.2, 0.25) is 5.02 Å². The van der Waals surface area contributed by atoms with Crippen molar-refractivity contribution in [2.75, 3.05) is 6.61 Å². The molecule has 0 fully saturated rings. The summed E-state index contributed by atoms with van der Waals surface area (Å²) in [7, 11) is 0. The third-order valence-electron chi connectivity index (χ3n) is 4.53. The van der Waals surface area contributed by atoms with Crippen LogP contribution in [0.15, 0.2) is 62.8 Å². The number of halogens is 1. The predicted molar refractivity (Wildman–Crippen MR) is 116 cm³/mol. The molecule has 0 unspecified atom stereocenters. The van der Waals surface area contributed by atoms with E-state index in [2.05, 4.69) is 4.99 Å². The second-order valence-electron chi connectivity index (χ2n) is 6.34. The normalized spacial score (nSPS) is 16.5. The van der Waals surface area contributed by atoms with Gasteiger partial charge in [-0.25, -0.2) is 9.79 Å². The number of carbonyl (C=O) groups is 1. The molecule has 0 N–H and O–H groups in total.